The van der Waals surface area contributed by atoms with Crippen molar-refractivity contribution < 1.29 is 4.79 Å². The third-order valence-corrected chi connectivity index (χ3v) is 4.05. The van der Waals surface area contributed by atoms with Crippen LogP contribution in [-0.2, 0) is 11.3 Å². The fourth-order valence-corrected chi connectivity index (χ4v) is 2.59. The highest BCUT2D eigenvalue weighted by molar-refractivity contribution is 5.79. The molecule has 0 bridgehead atoms. The SMILES string of the molecule is CC(N)CCCC(C)C(=O)N(Cc1ccccn1)C1CC1. The van der Waals surface area contributed by atoms with Crippen molar-refractivity contribution in [3.8, 4) is 0 Å². The van der Waals surface area contributed by atoms with Crippen molar-refractivity contribution in [3.63, 3.8) is 0 Å². The zero-order chi connectivity index (χ0) is 15.2. The summed E-state index contributed by atoms with van der Waals surface area (Å²) in [6, 6.07) is 6.52. The maximum atomic E-state index is 12.7. The Labute approximate surface area is 127 Å². The summed E-state index contributed by atoms with van der Waals surface area (Å²) in [5, 5.41) is 0. The van der Waals surface area contributed by atoms with Gasteiger partial charge in [0.2, 0.25) is 5.91 Å². The fraction of sp³-hybridized carbons (Fsp3) is 0.647. The van der Waals surface area contributed by atoms with Crippen LogP contribution in [0.1, 0.15) is 51.6 Å². The van der Waals surface area contributed by atoms with Crippen molar-refractivity contribution in [1.29, 1.82) is 0 Å². The minimum absolute atomic E-state index is 0.0769. The van der Waals surface area contributed by atoms with Crippen LogP contribution in [0.25, 0.3) is 0 Å². The van der Waals surface area contributed by atoms with Crippen LogP contribution >= 0.6 is 0 Å². The normalized spacial score (nSPS) is 17.3. The molecular weight excluding hydrogens is 262 g/mol. The van der Waals surface area contributed by atoms with E-state index in [2.05, 4.69) is 4.98 Å². The van der Waals surface area contributed by atoms with Gasteiger partial charge in [0, 0.05) is 24.2 Å². The van der Waals surface area contributed by atoms with Gasteiger partial charge in [-0.15, -0.1) is 0 Å². The van der Waals surface area contributed by atoms with Crippen LogP contribution in [0.3, 0.4) is 0 Å². The van der Waals surface area contributed by atoms with Gasteiger partial charge in [0.1, 0.15) is 0 Å². The standard InChI is InChI=1S/C17H27N3O/c1-13(6-5-7-14(2)18)17(21)20(16-9-10-16)12-15-8-3-4-11-19-15/h3-4,8,11,13-14,16H,5-7,9-10,12,18H2,1-2H3. The first-order valence-corrected chi connectivity index (χ1v) is 8.04. The van der Waals surface area contributed by atoms with Gasteiger partial charge in [-0.25, -0.2) is 0 Å². The Morgan fingerprint density at radius 1 is 1.38 bits per heavy atom. The molecular formula is C17H27N3O. The smallest absolute Gasteiger partial charge is 0.226 e. The zero-order valence-electron chi connectivity index (χ0n) is 13.2. The number of aromatic nitrogens is 1. The second-order valence-corrected chi connectivity index (χ2v) is 6.33. The van der Waals surface area contributed by atoms with E-state index >= 15 is 0 Å². The first kappa shape index (κ1) is 16.0. The number of hydrogen-bond donors (Lipinski definition) is 1. The Kier molecular flexibility index (Phi) is 5.74. The third kappa shape index (κ3) is 5.12. The van der Waals surface area contributed by atoms with E-state index in [0.717, 1.165) is 37.8 Å². The molecule has 2 atom stereocenters. The number of carbonyl (C=O) groups excluding carboxylic acids is 1. The molecule has 0 spiro atoms. The molecule has 1 aliphatic carbocycles. The molecule has 0 saturated heterocycles. The lowest BCUT2D eigenvalue weighted by atomic mass is 10.0. The molecule has 0 aromatic carbocycles. The first-order chi connectivity index (χ1) is 10.1. The number of nitrogens with two attached hydrogens (primary N) is 1. The molecule has 1 aromatic rings. The summed E-state index contributed by atoms with van der Waals surface area (Å²) in [4.78, 5) is 19.0. The number of amides is 1. The van der Waals surface area contributed by atoms with Crippen LogP contribution in [0.15, 0.2) is 24.4 Å². The number of pyridine rings is 1. The third-order valence-electron chi connectivity index (χ3n) is 4.05. The maximum absolute atomic E-state index is 12.7. The van der Waals surface area contributed by atoms with Crippen molar-refractivity contribution in [2.24, 2.45) is 11.7 Å². The second-order valence-electron chi connectivity index (χ2n) is 6.33. The second kappa shape index (κ2) is 7.55. The van der Waals surface area contributed by atoms with Crippen molar-refractivity contribution in [2.45, 2.75) is 64.6 Å². The molecule has 0 aliphatic heterocycles. The van der Waals surface area contributed by atoms with Gasteiger partial charge in [0.25, 0.3) is 0 Å². The van der Waals surface area contributed by atoms with Crippen molar-refractivity contribution >= 4 is 5.91 Å². The first-order valence-electron chi connectivity index (χ1n) is 8.04. The topological polar surface area (TPSA) is 59.2 Å². The highest BCUT2D eigenvalue weighted by Gasteiger charge is 2.34. The van der Waals surface area contributed by atoms with E-state index in [1.165, 1.54) is 0 Å². The van der Waals surface area contributed by atoms with Gasteiger partial charge < -0.3 is 10.6 Å². The lowest BCUT2D eigenvalue weighted by Gasteiger charge is -2.25. The lowest BCUT2D eigenvalue weighted by molar-refractivity contribution is -0.136. The monoisotopic (exact) mass is 289 g/mol. The average Bonchev–Trinajstić information content (AvgIpc) is 3.29. The van der Waals surface area contributed by atoms with E-state index < -0.39 is 0 Å². The predicted octanol–water partition coefficient (Wildman–Crippen LogP) is 2.73. The largest absolute Gasteiger partial charge is 0.334 e. The highest BCUT2D eigenvalue weighted by atomic mass is 16.2. The van der Waals surface area contributed by atoms with Crippen molar-refractivity contribution in [2.75, 3.05) is 0 Å². The van der Waals surface area contributed by atoms with Gasteiger partial charge in [-0.3, -0.25) is 9.78 Å². The number of carbonyl (C=O) groups is 1. The predicted molar refractivity (Wildman–Crippen MR) is 84.5 cm³/mol. The van der Waals surface area contributed by atoms with E-state index in [0.29, 0.717) is 12.6 Å². The highest BCUT2D eigenvalue weighted by Crippen LogP contribution is 2.30. The summed E-state index contributed by atoms with van der Waals surface area (Å²) in [7, 11) is 0. The fourth-order valence-electron chi connectivity index (χ4n) is 2.59. The molecule has 0 radical (unpaired) electrons. The molecule has 1 fully saturated rings. The van der Waals surface area contributed by atoms with E-state index in [1.807, 2.05) is 36.9 Å². The summed E-state index contributed by atoms with van der Waals surface area (Å²) in [5.41, 5.74) is 6.74. The van der Waals surface area contributed by atoms with Crippen LogP contribution in [0.2, 0.25) is 0 Å². The van der Waals surface area contributed by atoms with Gasteiger partial charge in [-0.05, 0) is 44.7 Å². The molecule has 4 heteroatoms. The van der Waals surface area contributed by atoms with Crippen LogP contribution in [-0.4, -0.2) is 27.9 Å². The van der Waals surface area contributed by atoms with Crippen molar-refractivity contribution in [3.05, 3.63) is 30.1 Å². The van der Waals surface area contributed by atoms with Gasteiger partial charge in [0.05, 0.1) is 12.2 Å². The molecule has 2 unspecified atom stereocenters. The number of rotatable bonds is 8. The molecule has 1 aliphatic rings. The molecule has 21 heavy (non-hydrogen) atoms. The molecule has 116 valence electrons. The zero-order valence-corrected chi connectivity index (χ0v) is 13.2. The van der Waals surface area contributed by atoms with Gasteiger partial charge in [-0.1, -0.05) is 19.4 Å². The molecule has 1 amide bonds. The Bertz CT molecular complexity index is 443. The van der Waals surface area contributed by atoms with E-state index in [4.69, 9.17) is 5.73 Å². The van der Waals surface area contributed by atoms with E-state index in [-0.39, 0.29) is 17.9 Å². The molecule has 1 heterocycles. The van der Waals surface area contributed by atoms with Gasteiger partial charge in [0.15, 0.2) is 0 Å². The van der Waals surface area contributed by atoms with E-state index in [1.54, 1.807) is 6.20 Å². The van der Waals surface area contributed by atoms with Crippen LogP contribution in [0.5, 0.6) is 0 Å². The average molecular weight is 289 g/mol. The van der Waals surface area contributed by atoms with Crippen LogP contribution in [0, 0.1) is 5.92 Å². The molecule has 4 nitrogen and oxygen atoms in total. The minimum Gasteiger partial charge on any atom is -0.334 e. The molecule has 2 N–H and O–H groups in total. The number of nitrogens with zero attached hydrogens (tertiary/aromatic N) is 2. The summed E-state index contributed by atoms with van der Waals surface area (Å²) >= 11 is 0. The van der Waals surface area contributed by atoms with Crippen LogP contribution < -0.4 is 5.73 Å². The molecule has 2 rings (SSSR count). The quantitative estimate of drug-likeness (QED) is 0.800. The molecule has 1 saturated carbocycles. The Balaban J connectivity index is 1.90. The van der Waals surface area contributed by atoms with E-state index in [9.17, 15) is 4.79 Å². The summed E-state index contributed by atoms with van der Waals surface area (Å²) in [6.07, 6.45) is 6.98. The van der Waals surface area contributed by atoms with Gasteiger partial charge in [-0.2, -0.15) is 0 Å². The van der Waals surface area contributed by atoms with Crippen LogP contribution in [0.4, 0.5) is 0 Å². The minimum atomic E-state index is 0.0769. The summed E-state index contributed by atoms with van der Waals surface area (Å²) in [6.45, 7) is 4.70. The summed E-state index contributed by atoms with van der Waals surface area (Å²) < 4.78 is 0. The lowest BCUT2D eigenvalue weighted by Crippen LogP contribution is -2.36. The Morgan fingerprint density at radius 3 is 2.71 bits per heavy atom. The van der Waals surface area contributed by atoms with Crippen molar-refractivity contribution in [1.82, 2.24) is 9.88 Å². The molecule has 1 aromatic heterocycles. The maximum Gasteiger partial charge on any atom is 0.226 e. The summed E-state index contributed by atoms with van der Waals surface area (Å²) in [5.74, 6) is 0.348. The number of hydrogen-bond acceptors (Lipinski definition) is 3. The Hall–Kier alpha value is -1.42. The Morgan fingerprint density at radius 2 is 2.14 bits per heavy atom. The van der Waals surface area contributed by atoms with Gasteiger partial charge >= 0.3 is 0 Å².